The van der Waals surface area contributed by atoms with Crippen LogP contribution < -0.4 is 10.0 Å². The SMILES string of the molecule is Cc1nc(C(NC(=O)CCNS(=O)(=O)c2ccccc2)c2ccccc2)n[nH]1. The van der Waals surface area contributed by atoms with E-state index in [1.54, 1.807) is 25.1 Å². The molecule has 1 unspecified atom stereocenters. The van der Waals surface area contributed by atoms with Crippen LogP contribution in [0.25, 0.3) is 0 Å². The third-order valence-corrected chi connectivity index (χ3v) is 5.49. The van der Waals surface area contributed by atoms with Crippen molar-refractivity contribution in [2.75, 3.05) is 6.54 Å². The highest BCUT2D eigenvalue weighted by Crippen LogP contribution is 2.18. The molecule has 0 aliphatic carbocycles. The van der Waals surface area contributed by atoms with E-state index in [0.29, 0.717) is 11.6 Å². The standard InChI is InChI=1S/C19H21N5O3S/c1-14-21-19(24-23-14)18(15-8-4-2-5-9-15)22-17(25)12-13-20-28(26,27)16-10-6-3-7-11-16/h2-11,18,20H,12-13H2,1H3,(H,22,25)(H,21,23,24). The zero-order valence-corrected chi connectivity index (χ0v) is 16.1. The van der Waals surface area contributed by atoms with E-state index >= 15 is 0 Å². The minimum absolute atomic E-state index is 0.0151. The number of aromatic nitrogens is 3. The molecule has 1 atom stereocenters. The molecule has 0 saturated heterocycles. The minimum atomic E-state index is -3.65. The number of rotatable bonds is 8. The van der Waals surface area contributed by atoms with E-state index in [2.05, 4.69) is 25.2 Å². The predicted molar refractivity (Wildman–Crippen MR) is 104 cm³/mol. The first-order valence-corrected chi connectivity index (χ1v) is 10.2. The number of hydrogen-bond acceptors (Lipinski definition) is 5. The maximum Gasteiger partial charge on any atom is 0.240 e. The lowest BCUT2D eigenvalue weighted by molar-refractivity contribution is -0.121. The van der Waals surface area contributed by atoms with Gasteiger partial charge in [-0.05, 0) is 24.6 Å². The second kappa shape index (κ2) is 8.77. The molecule has 0 aliphatic heterocycles. The molecule has 1 amide bonds. The van der Waals surface area contributed by atoms with Gasteiger partial charge in [-0.25, -0.2) is 18.1 Å². The zero-order chi connectivity index (χ0) is 20.0. The lowest BCUT2D eigenvalue weighted by Crippen LogP contribution is -2.33. The molecule has 1 heterocycles. The summed E-state index contributed by atoms with van der Waals surface area (Å²) in [5.41, 5.74) is 0.833. The van der Waals surface area contributed by atoms with Crippen molar-refractivity contribution in [2.24, 2.45) is 0 Å². The van der Waals surface area contributed by atoms with Crippen LogP contribution in [0.1, 0.15) is 29.7 Å². The topological polar surface area (TPSA) is 117 Å². The molecule has 0 bridgehead atoms. The van der Waals surface area contributed by atoms with Crippen LogP contribution >= 0.6 is 0 Å². The van der Waals surface area contributed by atoms with Crippen LogP contribution in [0.2, 0.25) is 0 Å². The minimum Gasteiger partial charge on any atom is -0.342 e. The van der Waals surface area contributed by atoms with Gasteiger partial charge in [0, 0.05) is 13.0 Å². The van der Waals surface area contributed by atoms with Crippen molar-refractivity contribution in [2.45, 2.75) is 24.3 Å². The Labute approximate surface area is 163 Å². The largest absolute Gasteiger partial charge is 0.342 e. The van der Waals surface area contributed by atoms with Crippen LogP contribution in [0, 0.1) is 6.92 Å². The van der Waals surface area contributed by atoms with E-state index in [0.717, 1.165) is 5.56 Å². The molecule has 3 rings (SSSR count). The van der Waals surface area contributed by atoms with Crippen molar-refractivity contribution in [1.82, 2.24) is 25.2 Å². The Hall–Kier alpha value is -3.04. The molecule has 0 spiro atoms. The maximum absolute atomic E-state index is 12.4. The van der Waals surface area contributed by atoms with Crippen LogP contribution in [0.4, 0.5) is 0 Å². The highest BCUT2D eigenvalue weighted by Gasteiger charge is 2.21. The number of aryl methyl sites for hydroxylation is 1. The number of H-pyrrole nitrogens is 1. The first-order chi connectivity index (χ1) is 13.5. The number of nitrogens with zero attached hydrogens (tertiary/aromatic N) is 2. The summed E-state index contributed by atoms with van der Waals surface area (Å²) in [5.74, 6) is 0.773. The number of carbonyl (C=O) groups is 1. The van der Waals surface area contributed by atoms with Crippen LogP contribution in [-0.2, 0) is 14.8 Å². The second-order valence-electron chi connectivity index (χ2n) is 6.15. The number of carbonyl (C=O) groups excluding carboxylic acids is 1. The fraction of sp³-hybridized carbons (Fsp3) is 0.211. The third kappa shape index (κ3) is 5.02. The normalized spacial score (nSPS) is 12.5. The Kier molecular flexibility index (Phi) is 6.17. The Morgan fingerprint density at radius 3 is 2.32 bits per heavy atom. The van der Waals surface area contributed by atoms with Gasteiger partial charge in [-0.2, -0.15) is 5.10 Å². The average Bonchev–Trinajstić information content (AvgIpc) is 3.13. The summed E-state index contributed by atoms with van der Waals surface area (Å²) in [7, 11) is -3.65. The predicted octanol–water partition coefficient (Wildman–Crippen LogP) is 1.69. The smallest absolute Gasteiger partial charge is 0.240 e. The molecular weight excluding hydrogens is 378 g/mol. The molecule has 3 aromatic rings. The number of aromatic amines is 1. The number of sulfonamides is 1. The van der Waals surface area contributed by atoms with Gasteiger partial charge in [0.15, 0.2) is 5.82 Å². The number of hydrogen-bond donors (Lipinski definition) is 3. The molecule has 1 aromatic heterocycles. The Bertz CT molecular complexity index is 1020. The van der Waals surface area contributed by atoms with E-state index in [1.165, 1.54) is 12.1 Å². The monoisotopic (exact) mass is 399 g/mol. The fourth-order valence-corrected chi connectivity index (χ4v) is 3.70. The summed E-state index contributed by atoms with van der Waals surface area (Å²) in [6.45, 7) is 1.76. The van der Waals surface area contributed by atoms with Gasteiger partial charge in [-0.15, -0.1) is 0 Å². The Morgan fingerprint density at radius 2 is 1.71 bits per heavy atom. The number of amides is 1. The number of benzene rings is 2. The molecule has 2 aromatic carbocycles. The lowest BCUT2D eigenvalue weighted by Gasteiger charge is -2.16. The van der Waals surface area contributed by atoms with Gasteiger partial charge >= 0.3 is 0 Å². The highest BCUT2D eigenvalue weighted by molar-refractivity contribution is 7.89. The van der Waals surface area contributed by atoms with Gasteiger partial charge < -0.3 is 5.32 Å². The first-order valence-electron chi connectivity index (χ1n) is 8.73. The van der Waals surface area contributed by atoms with Crippen molar-refractivity contribution in [3.05, 3.63) is 77.9 Å². The van der Waals surface area contributed by atoms with Gasteiger partial charge in [-0.3, -0.25) is 9.89 Å². The molecule has 3 N–H and O–H groups in total. The molecule has 0 radical (unpaired) electrons. The van der Waals surface area contributed by atoms with Crippen molar-refractivity contribution in [1.29, 1.82) is 0 Å². The summed E-state index contributed by atoms with van der Waals surface area (Å²) in [5, 5.41) is 9.78. The van der Waals surface area contributed by atoms with Crippen molar-refractivity contribution in [3.8, 4) is 0 Å². The molecule has 8 nitrogen and oxygen atoms in total. The van der Waals surface area contributed by atoms with E-state index in [-0.39, 0.29) is 23.8 Å². The highest BCUT2D eigenvalue weighted by atomic mass is 32.2. The van der Waals surface area contributed by atoms with Crippen LogP contribution in [-0.4, -0.2) is 36.1 Å². The Morgan fingerprint density at radius 1 is 1.07 bits per heavy atom. The van der Waals surface area contributed by atoms with Crippen molar-refractivity contribution < 1.29 is 13.2 Å². The molecule has 146 valence electrons. The van der Waals surface area contributed by atoms with Gasteiger partial charge in [0.1, 0.15) is 11.9 Å². The van der Waals surface area contributed by atoms with Crippen LogP contribution in [0.5, 0.6) is 0 Å². The zero-order valence-electron chi connectivity index (χ0n) is 15.3. The van der Waals surface area contributed by atoms with E-state index in [1.807, 2.05) is 30.3 Å². The summed E-state index contributed by atoms with van der Waals surface area (Å²) >= 11 is 0. The second-order valence-corrected chi connectivity index (χ2v) is 7.92. The van der Waals surface area contributed by atoms with E-state index in [9.17, 15) is 13.2 Å². The van der Waals surface area contributed by atoms with Gasteiger partial charge in [0.25, 0.3) is 0 Å². The van der Waals surface area contributed by atoms with Gasteiger partial charge in [0.05, 0.1) is 4.90 Å². The van der Waals surface area contributed by atoms with Gasteiger partial charge in [-0.1, -0.05) is 48.5 Å². The lowest BCUT2D eigenvalue weighted by atomic mass is 10.1. The summed E-state index contributed by atoms with van der Waals surface area (Å²) in [4.78, 5) is 16.9. The third-order valence-electron chi connectivity index (χ3n) is 4.01. The number of nitrogens with one attached hydrogen (secondary N) is 3. The van der Waals surface area contributed by atoms with Gasteiger partial charge in [0.2, 0.25) is 15.9 Å². The van der Waals surface area contributed by atoms with E-state index < -0.39 is 16.1 Å². The molecule has 0 fully saturated rings. The summed E-state index contributed by atoms with van der Waals surface area (Å²) in [6, 6.07) is 16.8. The fourth-order valence-electron chi connectivity index (χ4n) is 2.65. The Balaban J connectivity index is 1.63. The maximum atomic E-state index is 12.4. The summed E-state index contributed by atoms with van der Waals surface area (Å²) in [6.07, 6.45) is -0.0151. The molecule has 0 aliphatic rings. The first kappa shape index (κ1) is 19.7. The molecule has 28 heavy (non-hydrogen) atoms. The molecule has 9 heteroatoms. The van der Waals surface area contributed by atoms with Crippen molar-refractivity contribution in [3.63, 3.8) is 0 Å². The average molecular weight is 399 g/mol. The molecular formula is C19H21N5O3S. The van der Waals surface area contributed by atoms with Crippen LogP contribution in [0.3, 0.4) is 0 Å². The summed E-state index contributed by atoms with van der Waals surface area (Å²) < 4.78 is 26.9. The van der Waals surface area contributed by atoms with E-state index in [4.69, 9.17) is 0 Å². The van der Waals surface area contributed by atoms with Crippen molar-refractivity contribution >= 4 is 15.9 Å². The quantitative estimate of drug-likeness (QED) is 0.533. The molecule has 0 saturated carbocycles. The van der Waals surface area contributed by atoms with Crippen LogP contribution in [0.15, 0.2) is 65.6 Å².